The summed E-state index contributed by atoms with van der Waals surface area (Å²) in [6.45, 7) is 2.01. The normalized spacial score (nSPS) is 11.0. The minimum Gasteiger partial charge on any atom is -0.487 e. The summed E-state index contributed by atoms with van der Waals surface area (Å²) in [4.78, 5) is 12.6. The Balaban J connectivity index is 1.88. The van der Waals surface area contributed by atoms with E-state index in [1.54, 1.807) is 36.4 Å². The van der Waals surface area contributed by atoms with Crippen molar-refractivity contribution in [3.05, 3.63) is 98.8 Å². The molecule has 0 saturated carbocycles. The number of benzene rings is 3. The van der Waals surface area contributed by atoms with Crippen molar-refractivity contribution in [2.24, 2.45) is 0 Å². The van der Waals surface area contributed by atoms with E-state index >= 15 is 0 Å². The molecule has 0 aliphatic rings. The van der Waals surface area contributed by atoms with Gasteiger partial charge in [0.25, 0.3) is 5.91 Å². The molecule has 156 valence electrons. The number of halogens is 3. The van der Waals surface area contributed by atoms with E-state index in [9.17, 15) is 14.4 Å². The molecule has 0 atom stereocenters. The van der Waals surface area contributed by atoms with Crippen molar-refractivity contribution in [2.75, 3.05) is 5.32 Å². The van der Waals surface area contributed by atoms with Crippen LogP contribution < -0.4 is 10.1 Å². The van der Waals surface area contributed by atoms with Crippen LogP contribution in [-0.2, 0) is 11.4 Å². The van der Waals surface area contributed by atoms with Gasteiger partial charge in [0.2, 0.25) is 0 Å². The number of nitrogens with zero attached hydrogens (tertiary/aromatic N) is 1. The lowest BCUT2D eigenvalue weighted by atomic mass is 10.1. The number of ether oxygens (including phenoxy) is 1. The third-order valence-corrected chi connectivity index (χ3v) is 4.77. The van der Waals surface area contributed by atoms with Gasteiger partial charge < -0.3 is 10.1 Å². The van der Waals surface area contributed by atoms with Gasteiger partial charge in [-0.2, -0.15) is 5.26 Å². The number of hydrogen-bond donors (Lipinski definition) is 1. The fourth-order valence-electron chi connectivity index (χ4n) is 2.80. The zero-order valence-corrected chi connectivity index (χ0v) is 18.0. The molecule has 3 aromatic rings. The molecule has 0 spiro atoms. The van der Waals surface area contributed by atoms with Crippen LogP contribution in [-0.4, -0.2) is 5.91 Å². The molecule has 4 nitrogen and oxygen atoms in total. The predicted molar refractivity (Wildman–Crippen MR) is 121 cm³/mol. The Morgan fingerprint density at radius 3 is 2.58 bits per heavy atom. The molecule has 3 aromatic carbocycles. The van der Waals surface area contributed by atoms with Gasteiger partial charge >= 0.3 is 0 Å². The summed E-state index contributed by atoms with van der Waals surface area (Å²) in [5, 5.41) is 12.8. The lowest BCUT2D eigenvalue weighted by molar-refractivity contribution is -0.112. The summed E-state index contributed by atoms with van der Waals surface area (Å²) >= 11 is 12.4. The SMILES string of the molecule is Cc1cccc(NC(=O)/C(C#N)=C/c2cc(Cl)cc(Cl)c2OCc2ccc(F)cc2)c1. The van der Waals surface area contributed by atoms with E-state index in [0.29, 0.717) is 16.3 Å². The monoisotopic (exact) mass is 454 g/mol. The molecule has 0 unspecified atom stereocenters. The maximum Gasteiger partial charge on any atom is 0.266 e. The van der Waals surface area contributed by atoms with Gasteiger partial charge in [0.15, 0.2) is 0 Å². The topological polar surface area (TPSA) is 62.1 Å². The number of nitriles is 1. The summed E-state index contributed by atoms with van der Waals surface area (Å²) < 4.78 is 18.9. The molecule has 0 bridgehead atoms. The number of amides is 1. The van der Waals surface area contributed by atoms with E-state index in [1.807, 2.05) is 19.1 Å². The highest BCUT2D eigenvalue weighted by atomic mass is 35.5. The molecule has 0 radical (unpaired) electrons. The molecule has 1 N–H and O–H groups in total. The van der Waals surface area contributed by atoms with E-state index in [1.165, 1.54) is 24.3 Å². The molecule has 0 saturated heterocycles. The first-order valence-corrected chi connectivity index (χ1v) is 9.97. The fourth-order valence-corrected chi connectivity index (χ4v) is 3.36. The predicted octanol–water partition coefficient (Wildman–Crippen LogP) is 6.57. The standard InChI is InChI=1S/C24H17Cl2FN2O2/c1-15-3-2-4-21(9-15)29-24(30)18(13-28)10-17-11-19(25)12-22(26)23(17)31-14-16-5-7-20(27)8-6-16/h2-12H,14H2,1H3,(H,29,30)/b18-10+. The largest absolute Gasteiger partial charge is 0.487 e. The molecular weight excluding hydrogens is 438 g/mol. The summed E-state index contributed by atoms with van der Waals surface area (Å²) in [6.07, 6.45) is 1.36. The third-order valence-electron chi connectivity index (χ3n) is 4.27. The molecule has 31 heavy (non-hydrogen) atoms. The van der Waals surface area contributed by atoms with Crippen LogP contribution in [0.25, 0.3) is 6.08 Å². The number of carbonyl (C=O) groups is 1. The van der Waals surface area contributed by atoms with E-state index in [0.717, 1.165) is 11.1 Å². The van der Waals surface area contributed by atoms with E-state index in [-0.39, 0.29) is 28.8 Å². The van der Waals surface area contributed by atoms with Gasteiger partial charge in [-0.25, -0.2) is 4.39 Å². The van der Waals surface area contributed by atoms with E-state index in [2.05, 4.69) is 5.32 Å². The van der Waals surface area contributed by atoms with Crippen molar-refractivity contribution in [3.8, 4) is 11.8 Å². The van der Waals surface area contributed by atoms with Gasteiger partial charge in [0.05, 0.1) is 5.02 Å². The number of rotatable bonds is 6. The van der Waals surface area contributed by atoms with Crippen LogP contribution in [0.3, 0.4) is 0 Å². The molecule has 3 rings (SSSR count). The minimum atomic E-state index is -0.575. The van der Waals surface area contributed by atoms with Gasteiger partial charge in [-0.3, -0.25) is 4.79 Å². The van der Waals surface area contributed by atoms with Crippen molar-refractivity contribution in [2.45, 2.75) is 13.5 Å². The summed E-state index contributed by atoms with van der Waals surface area (Å²) in [6, 6.07) is 18.0. The van der Waals surface area contributed by atoms with E-state index in [4.69, 9.17) is 27.9 Å². The quantitative estimate of drug-likeness (QED) is 0.338. The van der Waals surface area contributed by atoms with Crippen LogP contribution in [0.1, 0.15) is 16.7 Å². The van der Waals surface area contributed by atoms with Crippen LogP contribution in [0.15, 0.2) is 66.2 Å². The Kier molecular flexibility index (Phi) is 7.30. The van der Waals surface area contributed by atoms with E-state index < -0.39 is 5.91 Å². The van der Waals surface area contributed by atoms with Crippen LogP contribution in [0.2, 0.25) is 10.0 Å². The highest BCUT2D eigenvalue weighted by Crippen LogP contribution is 2.34. The number of aryl methyl sites for hydroxylation is 1. The Hall–Kier alpha value is -3.33. The molecule has 1 amide bonds. The highest BCUT2D eigenvalue weighted by Gasteiger charge is 2.15. The second-order valence-corrected chi connectivity index (χ2v) is 7.56. The Morgan fingerprint density at radius 1 is 1.16 bits per heavy atom. The summed E-state index contributed by atoms with van der Waals surface area (Å²) in [7, 11) is 0. The molecule has 0 aliphatic carbocycles. The van der Waals surface area contributed by atoms with Crippen molar-refractivity contribution >= 4 is 40.9 Å². The van der Waals surface area contributed by atoms with Crippen molar-refractivity contribution in [3.63, 3.8) is 0 Å². The van der Waals surface area contributed by atoms with Gasteiger partial charge in [-0.1, -0.05) is 47.5 Å². The molecular formula is C24H17Cl2FN2O2. The lowest BCUT2D eigenvalue weighted by Gasteiger charge is -2.13. The van der Waals surface area contributed by atoms with Gasteiger partial charge in [-0.05, 0) is 60.5 Å². The number of carbonyl (C=O) groups excluding carboxylic acids is 1. The minimum absolute atomic E-state index is 0.111. The second-order valence-electron chi connectivity index (χ2n) is 6.71. The average Bonchev–Trinajstić information content (AvgIpc) is 2.72. The number of anilines is 1. The van der Waals surface area contributed by atoms with Crippen LogP contribution in [0.4, 0.5) is 10.1 Å². The number of hydrogen-bond acceptors (Lipinski definition) is 3. The maximum absolute atomic E-state index is 13.1. The number of nitrogens with one attached hydrogen (secondary N) is 1. The van der Waals surface area contributed by atoms with Crippen LogP contribution in [0, 0.1) is 24.1 Å². The first-order chi connectivity index (χ1) is 14.9. The summed E-state index contributed by atoms with van der Waals surface area (Å²) in [5.41, 5.74) is 2.49. The Morgan fingerprint density at radius 2 is 1.90 bits per heavy atom. The first-order valence-electron chi connectivity index (χ1n) is 9.22. The van der Waals surface area contributed by atoms with Crippen molar-refractivity contribution in [1.82, 2.24) is 0 Å². The Labute approximate surface area is 189 Å². The first kappa shape index (κ1) is 22.4. The molecule has 0 heterocycles. The zero-order valence-electron chi connectivity index (χ0n) is 16.5. The third kappa shape index (κ3) is 6.08. The molecule has 7 heteroatoms. The Bertz CT molecular complexity index is 1190. The smallest absolute Gasteiger partial charge is 0.266 e. The maximum atomic E-state index is 13.1. The second kappa shape index (κ2) is 10.1. The van der Waals surface area contributed by atoms with Crippen molar-refractivity contribution in [1.29, 1.82) is 5.26 Å². The van der Waals surface area contributed by atoms with Gasteiger partial charge in [0.1, 0.15) is 29.8 Å². The van der Waals surface area contributed by atoms with Gasteiger partial charge in [-0.15, -0.1) is 0 Å². The molecule has 0 aromatic heterocycles. The van der Waals surface area contributed by atoms with Crippen LogP contribution in [0.5, 0.6) is 5.75 Å². The highest BCUT2D eigenvalue weighted by molar-refractivity contribution is 6.36. The lowest BCUT2D eigenvalue weighted by Crippen LogP contribution is -2.13. The zero-order chi connectivity index (χ0) is 22.4. The van der Waals surface area contributed by atoms with Gasteiger partial charge in [0, 0.05) is 16.3 Å². The molecule has 0 fully saturated rings. The average molecular weight is 455 g/mol. The van der Waals surface area contributed by atoms with Crippen molar-refractivity contribution < 1.29 is 13.9 Å². The molecule has 0 aliphatic heterocycles. The summed E-state index contributed by atoms with van der Waals surface area (Å²) in [5.74, 6) is -0.671. The van der Waals surface area contributed by atoms with Crippen LogP contribution >= 0.6 is 23.2 Å². The fraction of sp³-hybridized carbons (Fsp3) is 0.0833.